The molecule has 0 heterocycles. The summed E-state index contributed by atoms with van der Waals surface area (Å²) in [5.41, 5.74) is 1.91. The average molecular weight is 290 g/mol. The molecule has 116 valence electrons. The molecule has 1 rings (SSSR count). The predicted molar refractivity (Wildman–Crippen MR) is 84.3 cm³/mol. The van der Waals surface area contributed by atoms with Crippen LogP contribution < -0.4 is 10.1 Å². The number of hydrogen-bond donors (Lipinski definition) is 1. The van der Waals surface area contributed by atoms with Crippen molar-refractivity contribution in [1.29, 1.82) is 5.26 Å². The first-order valence-corrected chi connectivity index (χ1v) is 7.32. The Bertz CT molecular complexity index is 478. The zero-order valence-electron chi connectivity index (χ0n) is 13.5. The summed E-state index contributed by atoms with van der Waals surface area (Å²) in [6.45, 7) is 8.72. The quantitative estimate of drug-likeness (QED) is 0.710. The van der Waals surface area contributed by atoms with E-state index in [1.807, 2.05) is 32.9 Å². The highest BCUT2D eigenvalue weighted by molar-refractivity contribution is 5.40. The zero-order valence-corrected chi connectivity index (χ0v) is 13.5. The highest BCUT2D eigenvalue weighted by Gasteiger charge is 2.17. The standard InChI is InChI=1S/C17H26N2O2/c1-14-6-5-7-15(12-19-9-11-20-4)16(14)21-10-8-17(2,3)13-18/h5-7,19H,8-12H2,1-4H3. The second-order valence-electron chi connectivity index (χ2n) is 5.83. The van der Waals surface area contributed by atoms with Gasteiger partial charge in [-0.3, -0.25) is 0 Å². The second kappa shape index (κ2) is 8.66. The van der Waals surface area contributed by atoms with Crippen LogP contribution in [0.2, 0.25) is 0 Å². The molecule has 4 heteroatoms. The van der Waals surface area contributed by atoms with Gasteiger partial charge in [0.1, 0.15) is 5.75 Å². The highest BCUT2D eigenvalue weighted by Crippen LogP contribution is 2.25. The maximum atomic E-state index is 9.04. The molecule has 1 N–H and O–H groups in total. The van der Waals surface area contributed by atoms with Crippen molar-refractivity contribution in [2.75, 3.05) is 26.9 Å². The Morgan fingerprint density at radius 3 is 2.71 bits per heavy atom. The monoisotopic (exact) mass is 290 g/mol. The van der Waals surface area contributed by atoms with Gasteiger partial charge in [-0.1, -0.05) is 18.2 Å². The van der Waals surface area contributed by atoms with Crippen molar-refractivity contribution < 1.29 is 9.47 Å². The molecular formula is C17H26N2O2. The Hall–Kier alpha value is -1.57. The van der Waals surface area contributed by atoms with E-state index >= 15 is 0 Å². The highest BCUT2D eigenvalue weighted by atomic mass is 16.5. The maximum absolute atomic E-state index is 9.04. The first-order chi connectivity index (χ1) is 10.00. The number of methoxy groups -OCH3 is 1. The summed E-state index contributed by atoms with van der Waals surface area (Å²) in [4.78, 5) is 0. The lowest BCUT2D eigenvalue weighted by molar-refractivity contribution is 0.199. The van der Waals surface area contributed by atoms with Crippen molar-refractivity contribution in [3.8, 4) is 11.8 Å². The van der Waals surface area contributed by atoms with Crippen molar-refractivity contribution >= 4 is 0 Å². The maximum Gasteiger partial charge on any atom is 0.126 e. The number of rotatable bonds is 9. The van der Waals surface area contributed by atoms with Crippen molar-refractivity contribution in [2.24, 2.45) is 5.41 Å². The summed E-state index contributed by atoms with van der Waals surface area (Å²) in [5.74, 6) is 0.927. The minimum atomic E-state index is -0.348. The Kier molecular flexibility index (Phi) is 7.21. The van der Waals surface area contributed by atoms with Gasteiger partial charge in [-0.15, -0.1) is 0 Å². The Morgan fingerprint density at radius 2 is 2.05 bits per heavy atom. The van der Waals surface area contributed by atoms with E-state index in [1.165, 1.54) is 0 Å². The summed E-state index contributed by atoms with van der Waals surface area (Å²) in [7, 11) is 1.69. The Morgan fingerprint density at radius 1 is 1.29 bits per heavy atom. The summed E-state index contributed by atoms with van der Waals surface area (Å²) in [5, 5.41) is 12.4. The van der Waals surface area contributed by atoms with Crippen LogP contribution in [0.4, 0.5) is 0 Å². The summed E-state index contributed by atoms with van der Waals surface area (Å²) < 4.78 is 11.0. The Balaban J connectivity index is 2.61. The van der Waals surface area contributed by atoms with Crippen LogP contribution in [0.3, 0.4) is 0 Å². The van der Waals surface area contributed by atoms with E-state index in [2.05, 4.69) is 17.5 Å². The molecule has 0 aromatic heterocycles. The van der Waals surface area contributed by atoms with Crippen molar-refractivity contribution in [2.45, 2.75) is 33.7 Å². The van der Waals surface area contributed by atoms with Crippen LogP contribution in [0, 0.1) is 23.7 Å². The van der Waals surface area contributed by atoms with Crippen LogP contribution in [-0.4, -0.2) is 26.9 Å². The van der Waals surface area contributed by atoms with Gasteiger partial charge in [0.2, 0.25) is 0 Å². The van der Waals surface area contributed by atoms with E-state index in [-0.39, 0.29) is 5.41 Å². The van der Waals surface area contributed by atoms with Crippen LogP contribution in [-0.2, 0) is 11.3 Å². The van der Waals surface area contributed by atoms with Gasteiger partial charge in [0, 0.05) is 25.8 Å². The van der Waals surface area contributed by atoms with Gasteiger partial charge in [0.05, 0.1) is 24.7 Å². The zero-order chi connectivity index (χ0) is 15.7. The summed E-state index contributed by atoms with van der Waals surface area (Å²) >= 11 is 0. The molecule has 0 atom stereocenters. The first-order valence-electron chi connectivity index (χ1n) is 7.32. The molecular weight excluding hydrogens is 264 g/mol. The van der Waals surface area contributed by atoms with E-state index in [0.29, 0.717) is 19.6 Å². The molecule has 21 heavy (non-hydrogen) atoms. The predicted octanol–water partition coefficient (Wildman–Crippen LogP) is 3.05. The molecule has 0 radical (unpaired) electrons. The molecule has 0 aliphatic rings. The number of ether oxygens (including phenoxy) is 2. The summed E-state index contributed by atoms with van der Waals surface area (Å²) in [6, 6.07) is 8.45. The van der Waals surface area contributed by atoms with Crippen LogP contribution in [0.15, 0.2) is 18.2 Å². The van der Waals surface area contributed by atoms with E-state index < -0.39 is 0 Å². The van der Waals surface area contributed by atoms with Crippen molar-refractivity contribution in [3.63, 3.8) is 0 Å². The molecule has 0 unspecified atom stereocenters. The number of nitriles is 1. The van der Waals surface area contributed by atoms with Crippen LogP contribution in [0.5, 0.6) is 5.75 Å². The number of nitrogens with zero attached hydrogens (tertiary/aromatic N) is 1. The van der Waals surface area contributed by atoms with Crippen LogP contribution in [0.25, 0.3) is 0 Å². The van der Waals surface area contributed by atoms with E-state index in [4.69, 9.17) is 14.7 Å². The van der Waals surface area contributed by atoms with E-state index in [9.17, 15) is 0 Å². The molecule has 4 nitrogen and oxygen atoms in total. The molecule has 1 aromatic rings. The SMILES string of the molecule is COCCNCc1cccc(C)c1OCCC(C)(C)C#N. The van der Waals surface area contributed by atoms with Gasteiger partial charge < -0.3 is 14.8 Å². The van der Waals surface area contributed by atoms with Gasteiger partial charge in [-0.2, -0.15) is 5.26 Å². The van der Waals surface area contributed by atoms with Crippen molar-refractivity contribution in [1.82, 2.24) is 5.32 Å². The van der Waals surface area contributed by atoms with Gasteiger partial charge in [0.25, 0.3) is 0 Å². The molecule has 0 spiro atoms. The smallest absolute Gasteiger partial charge is 0.126 e. The largest absolute Gasteiger partial charge is 0.493 e. The number of hydrogen-bond acceptors (Lipinski definition) is 4. The molecule has 0 aliphatic heterocycles. The van der Waals surface area contributed by atoms with Gasteiger partial charge >= 0.3 is 0 Å². The fraction of sp³-hybridized carbons (Fsp3) is 0.588. The number of aryl methyl sites for hydroxylation is 1. The number of benzene rings is 1. The molecule has 0 amide bonds. The fourth-order valence-corrected chi connectivity index (χ4v) is 1.92. The van der Waals surface area contributed by atoms with E-state index in [0.717, 1.165) is 30.0 Å². The molecule has 0 aliphatic carbocycles. The molecule has 0 saturated carbocycles. The van der Waals surface area contributed by atoms with E-state index in [1.54, 1.807) is 7.11 Å². The third kappa shape index (κ3) is 6.16. The minimum Gasteiger partial charge on any atom is -0.493 e. The van der Waals surface area contributed by atoms with Gasteiger partial charge in [-0.05, 0) is 32.8 Å². The topological polar surface area (TPSA) is 54.3 Å². The van der Waals surface area contributed by atoms with Crippen LogP contribution in [0.1, 0.15) is 31.4 Å². The lowest BCUT2D eigenvalue weighted by Crippen LogP contribution is -2.19. The molecule has 0 saturated heterocycles. The fourth-order valence-electron chi connectivity index (χ4n) is 1.92. The average Bonchev–Trinajstić information content (AvgIpc) is 2.46. The lowest BCUT2D eigenvalue weighted by Gasteiger charge is -2.18. The normalized spacial score (nSPS) is 11.2. The Labute approximate surface area is 128 Å². The summed E-state index contributed by atoms with van der Waals surface area (Å²) in [6.07, 6.45) is 0.717. The van der Waals surface area contributed by atoms with Gasteiger partial charge in [-0.25, -0.2) is 0 Å². The molecule has 0 bridgehead atoms. The molecule has 1 aromatic carbocycles. The minimum absolute atomic E-state index is 0.348. The second-order valence-corrected chi connectivity index (χ2v) is 5.83. The van der Waals surface area contributed by atoms with Crippen LogP contribution >= 0.6 is 0 Å². The van der Waals surface area contributed by atoms with Crippen molar-refractivity contribution in [3.05, 3.63) is 29.3 Å². The number of para-hydroxylation sites is 1. The third-order valence-corrected chi connectivity index (χ3v) is 3.37. The lowest BCUT2D eigenvalue weighted by atomic mass is 9.92. The molecule has 0 fully saturated rings. The third-order valence-electron chi connectivity index (χ3n) is 3.37. The van der Waals surface area contributed by atoms with Gasteiger partial charge in [0.15, 0.2) is 0 Å². The first kappa shape index (κ1) is 17.5. The number of nitrogens with one attached hydrogen (secondary N) is 1.